The third kappa shape index (κ3) is 12.7. The number of carbonyl (C=O) groups excluding carboxylic acids is 1. The zero-order chi connectivity index (χ0) is 21.7. The fourth-order valence-electron chi connectivity index (χ4n) is 2.68. The number of H-pyrrole nitrogens is 1. The maximum absolute atomic E-state index is 11.9. The highest BCUT2D eigenvalue weighted by molar-refractivity contribution is 5.87. The maximum atomic E-state index is 11.9. The Kier molecular flexibility index (Phi) is 11.6. The van der Waals surface area contributed by atoms with E-state index in [0.717, 1.165) is 6.42 Å². The molecular weight excluding hydrogens is 362 g/mol. The average molecular weight is 398 g/mol. The lowest BCUT2D eigenvalue weighted by molar-refractivity contribution is 0.189. The van der Waals surface area contributed by atoms with Gasteiger partial charge in [0, 0.05) is 24.8 Å². The van der Waals surface area contributed by atoms with E-state index < -0.39 is 12.1 Å². The Morgan fingerprint density at radius 3 is 2.43 bits per heavy atom. The molecule has 0 fully saturated rings. The zero-order valence-corrected chi connectivity index (χ0v) is 17.8. The van der Waals surface area contributed by atoms with Gasteiger partial charge in [0.05, 0.1) is 0 Å². The van der Waals surface area contributed by atoms with Crippen LogP contribution in [0.2, 0.25) is 0 Å². The lowest BCUT2D eigenvalue weighted by Crippen LogP contribution is -2.35. The number of anilines is 1. The van der Waals surface area contributed by atoms with E-state index in [4.69, 9.17) is 5.11 Å². The Hall–Kier alpha value is -2.58. The molecule has 0 spiro atoms. The molecule has 28 heavy (non-hydrogen) atoms. The lowest BCUT2D eigenvalue weighted by Gasteiger charge is -2.28. The van der Waals surface area contributed by atoms with E-state index in [2.05, 4.69) is 53.6 Å². The summed E-state index contributed by atoms with van der Waals surface area (Å²) < 4.78 is 0. The summed E-state index contributed by atoms with van der Waals surface area (Å²) in [7, 11) is 0. The fourth-order valence-corrected chi connectivity index (χ4v) is 2.68. The number of aromatic nitrogens is 2. The predicted molar refractivity (Wildman–Crippen MR) is 111 cm³/mol. The molecule has 0 aliphatic carbocycles. The summed E-state index contributed by atoms with van der Waals surface area (Å²) in [5, 5.41) is 16.2. The topological polar surface area (TPSA) is 136 Å². The van der Waals surface area contributed by atoms with Gasteiger partial charge in [-0.05, 0) is 31.1 Å². The Morgan fingerprint density at radius 1 is 1.29 bits per heavy atom. The molecule has 1 unspecified atom stereocenters. The molecule has 0 saturated carbocycles. The number of urea groups is 1. The molecule has 0 radical (unpaired) electrons. The molecule has 1 heterocycles. The number of nitrogens with zero attached hydrogens (tertiary/aromatic N) is 1. The van der Waals surface area contributed by atoms with Crippen molar-refractivity contribution in [1.82, 2.24) is 20.6 Å². The number of amides is 3. The molecule has 0 aliphatic heterocycles. The second-order valence-electron chi connectivity index (χ2n) is 7.73. The van der Waals surface area contributed by atoms with Gasteiger partial charge in [-0.25, -0.2) is 14.6 Å². The molecule has 1 aromatic heterocycles. The van der Waals surface area contributed by atoms with Crippen LogP contribution in [0.1, 0.15) is 59.6 Å². The van der Waals surface area contributed by atoms with Crippen LogP contribution < -0.4 is 21.5 Å². The van der Waals surface area contributed by atoms with Gasteiger partial charge in [0.1, 0.15) is 0 Å². The minimum absolute atomic E-state index is 0.0522. The molecule has 1 atom stereocenters. The van der Waals surface area contributed by atoms with Crippen molar-refractivity contribution in [1.29, 1.82) is 0 Å². The first-order valence-electron chi connectivity index (χ1n) is 9.58. The molecule has 0 bridgehead atoms. The van der Waals surface area contributed by atoms with E-state index in [1.165, 1.54) is 12.5 Å². The van der Waals surface area contributed by atoms with E-state index in [-0.39, 0.29) is 22.8 Å². The van der Waals surface area contributed by atoms with Crippen molar-refractivity contribution in [3.8, 4) is 0 Å². The molecule has 160 valence electrons. The minimum Gasteiger partial charge on any atom is -0.465 e. The standard InChI is InChI=1S/C16H27N5O4.C3H8/c1-10(8-16(3,4)5-6-17-15(24)25)9-18-14(23)21-13-19-11(2)7-12(22)20-13;1-3-2/h7,10,17H,5-6,8-9H2,1-4H3,(H,24,25)(H3,18,19,20,21,22,23);3H2,1-2H3. The second-order valence-corrected chi connectivity index (χ2v) is 7.73. The monoisotopic (exact) mass is 397 g/mol. The number of hydrogen-bond acceptors (Lipinski definition) is 4. The van der Waals surface area contributed by atoms with Crippen LogP contribution in [0.3, 0.4) is 0 Å². The Bertz CT molecular complexity index is 673. The van der Waals surface area contributed by atoms with Crippen LogP contribution in [0.15, 0.2) is 10.9 Å². The van der Waals surface area contributed by atoms with Gasteiger partial charge >= 0.3 is 12.1 Å². The quantitative estimate of drug-likeness (QED) is 0.458. The highest BCUT2D eigenvalue weighted by Gasteiger charge is 2.21. The number of hydrogen-bond donors (Lipinski definition) is 5. The first kappa shape index (κ1) is 25.4. The number of aryl methyl sites for hydroxylation is 1. The molecule has 5 N–H and O–H groups in total. The van der Waals surface area contributed by atoms with Gasteiger partial charge in [-0.1, -0.05) is 41.0 Å². The molecule has 3 amide bonds. The van der Waals surface area contributed by atoms with Crippen molar-refractivity contribution in [2.75, 3.05) is 18.4 Å². The van der Waals surface area contributed by atoms with E-state index >= 15 is 0 Å². The fraction of sp³-hybridized carbons (Fsp3) is 0.684. The van der Waals surface area contributed by atoms with Gasteiger partial charge in [0.2, 0.25) is 5.95 Å². The zero-order valence-electron chi connectivity index (χ0n) is 17.8. The van der Waals surface area contributed by atoms with Crippen LogP contribution in [0, 0.1) is 18.3 Å². The van der Waals surface area contributed by atoms with Crippen LogP contribution in [-0.4, -0.2) is 40.3 Å². The van der Waals surface area contributed by atoms with E-state index in [1.807, 2.05) is 6.92 Å². The van der Waals surface area contributed by atoms with Crippen LogP contribution >= 0.6 is 0 Å². The summed E-state index contributed by atoms with van der Waals surface area (Å²) >= 11 is 0. The van der Waals surface area contributed by atoms with Crippen LogP contribution in [0.5, 0.6) is 0 Å². The number of carbonyl (C=O) groups is 2. The summed E-state index contributed by atoms with van der Waals surface area (Å²) in [5.74, 6) is 0.310. The van der Waals surface area contributed by atoms with E-state index in [0.29, 0.717) is 25.2 Å². The van der Waals surface area contributed by atoms with Crippen molar-refractivity contribution in [2.24, 2.45) is 11.3 Å². The van der Waals surface area contributed by atoms with Gasteiger partial charge < -0.3 is 15.7 Å². The van der Waals surface area contributed by atoms with Crippen molar-refractivity contribution < 1.29 is 14.7 Å². The molecular formula is C19H35N5O4. The Labute approximate surface area is 166 Å². The molecule has 9 nitrogen and oxygen atoms in total. The van der Waals surface area contributed by atoms with Crippen LogP contribution in [0.25, 0.3) is 0 Å². The van der Waals surface area contributed by atoms with Gasteiger partial charge in [-0.3, -0.25) is 15.1 Å². The van der Waals surface area contributed by atoms with Crippen LogP contribution in [0.4, 0.5) is 15.5 Å². The molecule has 0 saturated heterocycles. The normalized spacial score (nSPS) is 11.6. The Balaban J connectivity index is 0.00000227. The van der Waals surface area contributed by atoms with Gasteiger partial charge in [-0.15, -0.1) is 0 Å². The summed E-state index contributed by atoms with van der Waals surface area (Å²) in [6, 6.07) is 0.901. The molecule has 1 rings (SSSR count). The third-order valence-corrected chi connectivity index (χ3v) is 3.69. The van der Waals surface area contributed by atoms with Gasteiger partial charge in [0.25, 0.3) is 5.56 Å². The SMILES string of the molecule is CCC.Cc1cc(=O)[nH]c(NC(=O)NCC(C)CC(C)(C)CCNC(=O)O)n1. The van der Waals surface area contributed by atoms with Crippen molar-refractivity contribution in [2.45, 2.75) is 60.8 Å². The predicted octanol–water partition coefficient (Wildman–Crippen LogP) is 3.33. The summed E-state index contributed by atoms with van der Waals surface area (Å²) in [6.45, 7) is 12.9. The molecule has 0 aliphatic rings. The smallest absolute Gasteiger partial charge is 0.404 e. The highest BCUT2D eigenvalue weighted by Crippen LogP contribution is 2.28. The Morgan fingerprint density at radius 2 is 1.89 bits per heavy atom. The van der Waals surface area contributed by atoms with E-state index in [1.54, 1.807) is 6.92 Å². The first-order valence-corrected chi connectivity index (χ1v) is 9.58. The highest BCUT2D eigenvalue weighted by atomic mass is 16.4. The average Bonchev–Trinajstić information content (AvgIpc) is 2.51. The van der Waals surface area contributed by atoms with Gasteiger partial charge in [-0.2, -0.15) is 0 Å². The largest absolute Gasteiger partial charge is 0.465 e. The summed E-state index contributed by atoms with van der Waals surface area (Å²) in [4.78, 5) is 40.2. The minimum atomic E-state index is -1.02. The van der Waals surface area contributed by atoms with Crippen LogP contribution in [-0.2, 0) is 0 Å². The molecule has 0 aromatic carbocycles. The second kappa shape index (κ2) is 12.7. The first-order chi connectivity index (χ1) is 13.0. The maximum Gasteiger partial charge on any atom is 0.404 e. The lowest BCUT2D eigenvalue weighted by atomic mass is 9.80. The number of rotatable bonds is 8. The number of nitrogens with one attached hydrogen (secondary N) is 4. The van der Waals surface area contributed by atoms with Crippen molar-refractivity contribution in [3.63, 3.8) is 0 Å². The van der Waals surface area contributed by atoms with Crippen molar-refractivity contribution in [3.05, 3.63) is 22.1 Å². The third-order valence-electron chi connectivity index (χ3n) is 3.69. The van der Waals surface area contributed by atoms with Gasteiger partial charge in [0.15, 0.2) is 0 Å². The summed E-state index contributed by atoms with van der Waals surface area (Å²) in [5.41, 5.74) is 0.139. The number of carboxylic acid groups (broad SMARTS) is 1. The van der Waals surface area contributed by atoms with E-state index in [9.17, 15) is 14.4 Å². The number of aromatic amines is 1. The van der Waals surface area contributed by atoms with Crippen molar-refractivity contribution >= 4 is 18.1 Å². The molecule has 1 aromatic rings. The summed E-state index contributed by atoms with van der Waals surface area (Å²) in [6.07, 6.45) is 1.77. The molecule has 9 heteroatoms.